The van der Waals surface area contributed by atoms with Gasteiger partial charge >= 0.3 is 5.97 Å². The van der Waals surface area contributed by atoms with Gasteiger partial charge in [0.1, 0.15) is 0 Å². The van der Waals surface area contributed by atoms with Crippen LogP contribution in [-0.4, -0.2) is 72.2 Å². The molecule has 1 aromatic heterocycles. The molecule has 0 N–H and O–H groups in total. The molecule has 2 heterocycles. The van der Waals surface area contributed by atoms with Gasteiger partial charge in [0.2, 0.25) is 5.91 Å². The van der Waals surface area contributed by atoms with Crippen molar-refractivity contribution < 1.29 is 23.9 Å². The van der Waals surface area contributed by atoms with E-state index in [-0.39, 0.29) is 29.4 Å². The Balaban J connectivity index is 1.72. The number of hydrogen-bond donors (Lipinski definition) is 0. The van der Waals surface area contributed by atoms with Crippen LogP contribution in [0.5, 0.6) is 0 Å². The number of carbonyl (C=O) groups is 3. The first-order valence-electron chi connectivity index (χ1n) is 10.6. The Bertz CT molecular complexity index is 1050. The van der Waals surface area contributed by atoms with E-state index in [1.165, 1.54) is 30.2 Å². The molecule has 1 aliphatic rings. The monoisotopic (exact) mass is 479 g/mol. The average Bonchev–Trinajstić information content (AvgIpc) is 3.13. The first-order valence-corrected chi connectivity index (χ1v) is 12.6. The number of likely N-dealkylation sites (tertiary alicyclic amines) is 1. The van der Waals surface area contributed by atoms with Gasteiger partial charge in [-0.25, -0.2) is 4.79 Å². The van der Waals surface area contributed by atoms with Crippen LogP contribution >= 0.6 is 23.1 Å². The van der Waals surface area contributed by atoms with Crippen LogP contribution in [0.3, 0.4) is 0 Å². The van der Waals surface area contributed by atoms with Gasteiger partial charge in [0.25, 0.3) is 5.91 Å². The van der Waals surface area contributed by atoms with Crippen LogP contribution < -0.4 is 4.80 Å². The van der Waals surface area contributed by atoms with Crippen molar-refractivity contribution in [2.75, 3.05) is 38.9 Å². The van der Waals surface area contributed by atoms with E-state index in [0.29, 0.717) is 23.5 Å². The zero-order chi connectivity index (χ0) is 23.1. The number of nitrogens with zero attached hydrogens (tertiary/aromatic N) is 3. The smallest absolute Gasteiger partial charge is 0.337 e. The Morgan fingerprint density at radius 2 is 2.03 bits per heavy atom. The van der Waals surface area contributed by atoms with Gasteiger partial charge < -0.3 is 18.9 Å². The van der Waals surface area contributed by atoms with E-state index < -0.39 is 5.97 Å². The van der Waals surface area contributed by atoms with Crippen LogP contribution in [0.4, 0.5) is 0 Å². The maximum Gasteiger partial charge on any atom is 0.337 e. The van der Waals surface area contributed by atoms with Gasteiger partial charge in [0, 0.05) is 26.2 Å². The highest BCUT2D eigenvalue weighted by Gasteiger charge is 2.23. The number of thiazole rings is 1. The summed E-state index contributed by atoms with van der Waals surface area (Å²) < 4.78 is 12.7. The third-order valence-corrected chi connectivity index (χ3v) is 7.36. The van der Waals surface area contributed by atoms with E-state index >= 15 is 0 Å². The quantitative estimate of drug-likeness (QED) is 0.541. The maximum absolute atomic E-state index is 12.5. The van der Waals surface area contributed by atoms with Crippen LogP contribution in [-0.2, 0) is 25.6 Å². The van der Waals surface area contributed by atoms with Crippen LogP contribution in [0.25, 0.3) is 10.2 Å². The fraction of sp³-hybridized carbons (Fsp3) is 0.545. The first-order chi connectivity index (χ1) is 15.4. The van der Waals surface area contributed by atoms with E-state index in [9.17, 15) is 14.4 Å². The lowest BCUT2D eigenvalue weighted by Crippen LogP contribution is -2.43. The molecule has 174 valence electrons. The Morgan fingerprint density at radius 3 is 2.75 bits per heavy atom. The summed E-state index contributed by atoms with van der Waals surface area (Å²) in [7, 11) is 2.96. The first kappa shape index (κ1) is 24.5. The van der Waals surface area contributed by atoms with E-state index in [1.54, 1.807) is 19.2 Å². The topological polar surface area (TPSA) is 90.2 Å². The SMILES string of the molecule is COCCn1c(=NC(=O)CSCC(=O)N2CCCCC2C)sc2cc(C(=O)OC)ccc21. The van der Waals surface area contributed by atoms with Crippen molar-refractivity contribution in [1.29, 1.82) is 0 Å². The second-order valence-electron chi connectivity index (χ2n) is 7.63. The number of fused-ring (bicyclic) bond motifs is 1. The second-order valence-corrected chi connectivity index (χ2v) is 9.63. The molecule has 1 aromatic carbocycles. The van der Waals surface area contributed by atoms with E-state index in [4.69, 9.17) is 9.47 Å². The molecule has 1 atom stereocenters. The summed E-state index contributed by atoms with van der Waals surface area (Å²) in [5.74, 6) is -0.200. The second kappa shape index (κ2) is 11.6. The van der Waals surface area contributed by atoms with Crippen LogP contribution in [0.2, 0.25) is 0 Å². The van der Waals surface area contributed by atoms with Crippen molar-refractivity contribution in [3.05, 3.63) is 28.6 Å². The molecule has 1 aliphatic heterocycles. The summed E-state index contributed by atoms with van der Waals surface area (Å²) in [6.07, 6.45) is 3.24. The minimum absolute atomic E-state index is 0.0855. The van der Waals surface area contributed by atoms with Crippen molar-refractivity contribution in [3.63, 3.8) is 0 Å². The van der Waals surface area contributed by atoms with E-state index in [2.05, 4.69) is 11.9 Å². The molecular weight excluding hydrogens is 450 g/mol. The molecule has 32 heavy (non-hydrogen) atoms. The number of esters is 1. The van der Waals surface area contributed by atoms with E-state index in [1.807, 2.05) is 15.5 Å². The third-order valence-electron chi connectivity index (χ3n) is 5.42. The lowest BCUT2D eigenvalue weighted by atomic mass is 10.0. The van der Waals surface area contributed by atoms with Crippen LogP contribution in [0, 0.1) is 0 Å². The number of rotatable bonds is 8. The van der Waals surface area contributed by atoms with Gasteiger partial charge in [0.15, 0.2) is 4.80 Å². The largest absolute Gasteiger partial charge is 0.465 e. The molecule has 1 saturated heterocycles. The zero-order valence-corrected chi connectivity index (χ0v) is 20.3. The molecule has 10 heteroatoms. The molecule has 1 fully saturated rings. The summed E-state index contributed by atoms with van der Waals surface area (Å²) in [4.78, 5) is 43.6. The van der Waals surface area contributed by atoms with Crippen molar-refractivity contribution in [3.8, 4) is 0 Å². The molecule has 8 nitrogen and oxygen atoms in total. The maximum atomic E-state index is 12.5. The Morgan fingerprint density at radius 1 is 1.22 bits per heavy atom. The minimum Gasteiger partial charge on any atom is -0.465 e. The lowest BCUT2D eigenvalue weighted by Gasteiger charge is -2.33. The molecule has 0 aliphatic carbocycles. The molecule has 2 aromatic rings. The van der Waals surface area contributed by atoms with Crippen molar-refractivity contribution in [2.45, 2.75) is 38.8 Å². The van der Waals surface area contributed by atoms with Gasteiger partial charge in [-0.3, -0.25) is 9.59 Å². The molecule has 2 amide bonds. The molecule has 3 rings (SSSR count). The predicted molar refractivity (Wildman–Crippen MR) is 126 cm³/mol. The van der Waals surface area contributed by atoms with Crippen molar-refractivity contribution >= 4 is 51.1 Å². The Hall–Kier alpha value is -2.17. The predicted octanol–water partition coefficient (Wildman–Crippen LogP) is 2.70. The minimum atomic E-state index is -0.414. The lowest BCUT2D eigenvalue weighted by molar-refractivity contribution is -0.131. The molecular formula is C22H29N3O5S2. The van der Waals surface area contributed by atoms with Gasteiger partial charge in [-0.15, -0.1) is 11.8 Å². The number of methoxy groups -OCH3 is 2. The summed E-state index contributed by atoms with van der Waals surface area (Å²) in [6.45, 7) is 3.86. The fourth-order valence-electron chi connectivity index (χ4n) is 3.72. The van der Waals surface area contributed by atoms with E-state index in [0.717, 1.165) is 36.0 Å². The van der Waals surface area contributed by atoms with Crippen molar-refractivity contribution in [2.24, 2.45) is 4.99 Å². The highest BCUT2D eigenvalue weighted by molar-refractivity contribution is 8.00. The molecule has 0 radical (unpaired) electrons. The van der Waals surface area contributed by atoms with Gasteiger partial charge in [-0.1, -0.05) is 11.3 Å². The highest BCUT2D eigenvalue weighted by atomic mass is 32.2. The Kier molecular flexibility index (Phi) is 8.89. The number of hydrogen-bond acceptors (Lipinski definition) is 7. The fourth-order valence-corrected chi connectivity index (χ4v) is 5.51. The molecule has 1 unspecified atom stereocenters. The number of thioether (sulfide) groups is 1. The number of ether oxygens (including phenoxy) is 2. The Labute approximate surface area is 195 Å². The third kappa shape index (κ3) is 5.99. The summed E-state index contributed by atoms with van der Waals surface area (Å²) in [5.41, 5.74) is 1.31. The van der Waals surface area contributed by atoms with Gasteiger partial charge in [-0.05, 0) is 44.4 Å². The molecule has 0 bridgehead atoms. The summed E-state index contributed by atoms with van der Waals surface area (Å²) in [5, 5.41) is 0. The number of aromatic nitrogens is 1. The number of carbonyl (C=O) groups excluding carboxylic acids is 3. The molecule has 0 spiro atoms. The van der Waals surface area contributed by atoms with Crippen LogP contribution in [0.1, 0.15) is 36.5 Å². The molecule has 0 saturated carbocycles. The summed E-state index contributed by atoms with van der Waals surface area (Å²) in [6, 6.07) is 5.53. The number of amides is 2. The zero-order valence-electron chi connectivity index (χ0n) is 18.7. The van der Waals surface area contributed by atoms with Crippen molar-refractivity contribution in [1.82, 2.24) is 9.47 Å². The standard InChI is InChI=1S/C22H29N3O5S2/c1-15-6-4-5-9-24(15)20(27)14-31-13-19(26)23-22-25(10-11-29-2)17-8-7-16(21(28)30-3)12-18(17)32-22/h7-8,12,15H,4-6,9-11,13-14H2,1-3H3. The highest BCUT2D eigenvalue weighted by Crippen LogP contribution is 2.20. The normalized spacial score (nSPS) is 17.0. The summed E-state index contributed by atoms with van der Waals surface area (Å²) >= 11 is 2.63. The number of benzene rings is 1. The average molecular weight is 480 g/mol. The van der Waals surface area contributed by atoms with Crippen LogP contribution in [0.15, 0.2) is 23.2 Å². The number of piperidine rings is 1. The van der Waals surface area contributed by atoms with Gasteiger partial charge in [0.05, 0.1) is 41.0 Å². The van der Waals surface area contributed by atoms with Gasteiger partial charge in [-0.2, -0.15) is 4.99 Å².